The molecule has 7 heteroatoms. The van der Waals surface area contributed by atoms with Crippen molar-refractivity contribution in [2.75, 3.05) is 7.11 Å². The van der Waals surface area contributed by atoms with Crippen LogP contribution < -0.4 is 5.73 Å². The lowest BCUT2D eigenvalue weighted by atomic mass is 9.75. The Kier molecular flexibility index (Phi) is 3.09. The first-order valence-corrected chi connectivity index (χ1v) is 8.10. The quantitative estimate of drug-likeness (QED) is 0.817. The Balaban J connectivity index is 2.05. The number of halogens is 1. The molecule has 1 aromatic heterocycles. The predicted molar refractivity (Wildman–Crippen MR) is 86.2 cm³/mol. The zero-order valence-electron chi connectivity index (χ0n) is 12.4. The van der Waals surface area contributed by atoms with Gasteiger partial charge < -0.3 is 15.0 Å². The predicted octanol–water partition coefficient (Wildman–Crippen LogP) is 2.63. The summed E-state index contributed by atoms with van der Waals surface area (Å²) in [6, 6.07) is 6.18. The number of primary amides is 1. The number of hydrogen-bond acceptors (Lipinski definition) is 4. The fourth-order valence-electron chi connectivity index (χ4n) is 3.57. The van der Waals surface area contributed by atoms with E-state index in [2.05, 4.69) is 27.0 Å². The highest BCUT2D eigenvalue weighted by molar-refractivity contribution is 9.10. The minimum atomic E-state index is -0.724. The van der Waals surface area contributed by atoms with E-state index in [1.165, 1.54) is 12.7 Å². The van der Waals surface area contributed by atoms with Crippen molar-refractivity contribution in [1.29, 1.82) is 0 Å². The van der Waals surface area contributed by atoms with Gasteiger partial charge in [-0.25, -0.2) is 9.78 Å². The van der Waals surface area contributed by atoms with Gasteiger partial charge in [0.1, 0.15) is 5.82 Å². The first kappa shape index (κ1) is 14.4. The first-order chi connectivity index (χ1) is 11.0. The SMILES string of the molecule is COC(=O)c1c(C(N)=O)nc2n1C1CC(C1)c1ccc(Br)cc1-2. The van der Waals surface area contributed by atoms with E-state index >= 15 is 0 Å². The van der Waals surface area contributed by atoms with E-state index in [0.717, 1.165) is 22.9 Å². The molecule has 23 heavy (non-hydrogen) atoms. The number of benzene rings is 1. The topological polar surface area (TPSA) is 87.2 Å². The van der Waals surface area contributed by atoms with Crippen LogP contribution in [0.4, 0.5) is 0 Å². The Labute approximate surface area is 140 Å². The third-order valence-electron chi connectivity index (χ3n) is 4.70. The summed E-state index contributed by atoms with van der Waals surface area (Å²) in [6.45, 7) is 0. The molecule has 2 N–H and O–H groups in total. The molecule has 1 fully saturated rings. The average molecular weight is 376 g/mol. The van der Waals surface area contributed by atoms with Crippen molar-refractivity contribution >= 4 is 27.8 Å². The first-order valence-electron chi connectivity index (χ1n) is 7.31. The standard InChI is InChI=1S/C16H14BrN3O3/c1-23-16(22)13-12(14(18)21)19-15-11-6-8(17)2-3-10(11)7-4-9(5-7)20(13)15/h2-3,6-7,9H,4-5H2,1H3,(H2,18,21). The van der Waals surface area contributed by atoms with Crippen molar-refractivity contribution in [2.24, 2.45) is 5.73 Å². The minimum absolute atomic E-state index is 0.0249. The molecular formula is C16H14BrN3O3. The van der Waals surface area contributed by atoms with Crippen LogP contribution in [-0.2, 0) is 4.74 Å². The molecule has 0 unspecified atom stereocenters. The fourth-order valence-corrected chi connectivity index (χ4v) is 3.93. The van der Waals surface area contributed by atoms with Gasteiger partial charge in [-0.3, -0.25) is 4.79 Å². The molecule has 5 rings (SSSR count). The molecule has 2 aromatic rings. The van der Waals surface area contributed by atoms with Gasteiger partial charge in [0.05, 0.1) is 7.11 Å². The van der Waals surface area contributed by atoms with Crippen molar-refractivity contribution < 1.29 is 14.3 Å². The molecule has 0 atom stereocenters. The summed E-state index contributed by atoms with van der Waals surface area (Å²) in [6.07, 6.45) is 1.83. The number of nitrogens with two attached hydrogens (primary N) is 1. The highest BCUT2D eigenvalue weighted by Crippen LogP contribution is 2.53. The van der Waals surface area contributed by atoms with Crippen LogP contribution in [0.3, 0.4) is 0 Å². The highest BCUT2D eigenvalue weighted by Gasteiger charge is 2.42. The molecule has 6 nitrogen and oxygen atoms in total. The van der Waals surface area contributed by atoms with E-state index in [4.69, 9.17) is 10.5 Å². The molecule has 1 amide bonds. The molecule has 0 radical (unpaired) electrons. The van der Waals surface area contributed by atoms with Gasteiger partial charge >= 0.3 is 5.97 Å². The molecule has 118 valence electrons. The summed E-state index contributed by atoms with van der Waals surface area (Å²) < 4.78 is 7.61. The average Bonchev–Trinajstić information content (AvgIpc) is 2.76. The lowest BCUT2D eigenvalue weighted by Gasteiger charge is -2.35. The number of carbonyl (C=O) groups excluding carboxylic acids is 2. The van der Waals surface area contributed by atoms with E-state index < -0.39 is 11.9 Å². The molecule has 1 aliphatic carbocycles. The monoisotopic (exact) mass is 375 g/mol. The molecule has 3 heterocycles. The molecule has 2 bridgehead atoms. The van der Waals surface area contributed by atoms with Crippen molar-refractivity contribution in [3.63, 3.8) is 0 Å². The number of imidazole rings is 1. The van der Waals surface area contributed by atoms with Crippen LogP contribution in [0.1, 0.15) is 51.3 Å². The van der Waals surface area contributed by atoms with Crippen LogP contribution in [0.2, 0.25) is 0 Å². The lowest BCUT2D eigenvalue weighted by Crippen LogP contribution is -2.27. The third-order valence-corrected chi connectivity index (χ3v) is 5.19. The Morgan fingerprint density at radius 1 is 1.39 bits per heavy atom. The van der Waals surface area contributed by atoms with Crippen LogP contribution in [0, 0.1) is 0 Å². The number of nitrogens with zero attached hydrogens (tertiary/aromatic N) is 2. The van der Waals surface area contributed by atoms with Gasteiger partial charge in [-0.05, 0) is 36.5 Å². The molecule has 2 aliphatic heterocycles. The summed E-state index contributed by atoms with van der Waals surface area (Å²) in [4.78, 5) is 28.4. The van der Waals surface area contributed by atoms with Gasteiger partial charge in [0.25, 0.3) is 5.91 Å². The van der Waals surface area contributed by atoms with E-state index in [1.54, 1.807) is 0 Å². The van der Waals surface area contributed by atoms with E-state index in [-0.39, 0.29) is 17.4 Å². The lowest BCUT2D eigenvalue weighted by molar-refractivity contribution is 0.0577. The van der Waals surface area contributed by atoms with Gasteiger partial charge in [-0.1, -0.05) is 22.0 Å². The maximum absolute atomic E-state index is 12.2. The summed E-state index contributed by atoms with van der Waals surface area (Å²) in [7, 11) is 1.29. The zero-order chi connectivity index (χ0) is 16.3. The number of aromatic nitrogens is 2. The third kappa shape index (κ3) is 1.96. The van der Waals surface area contributed by atoms with Gasteiger partial charge in [-0.2, -0.15) is 0 Å². The van der Waals surface area contributed by atoms with Crippen LogP contribution in [0.5, 0.6) is 0 Å². The second-order valence-corrected chi connectivity index (χ2v) is 6.83. The number of amides is 1. The van der Waals surface area contributed by atoms with Crippen molar-refractivity contribution in [3.05, 3.63) is 39.6 Å². The molecule has 1 saturated carbocycles. The summed E-state index contributed by atoms with van der Waals surface area (Å²) in [5, 5.41) is 0. The fraction of sp³-hybridized carbons (Fsp3) is 0.312. The smallest absolute Gasteiger partial charge is 0.357 e. The molecule has 0 saturated heterocycles. The Morgan fingerprint density at radius 2 is 2.13 bits per heavy atom. The number of methoxy groups -OCH3 is 1. The van der Waals surface area contributed by atoms with E-state index in [9.17, 15) is 9.59 Å². The normalized spacial score (nSPS) is 20.8. The van der Waals surface area contributed by atoms with Crippen molar-refractivity contribution in [3.8, 4) is 11.4 Å². The Morgan fingerprint density at radius 3 is 2.78 bits per heavy atom. The number of esters is 1. The molecular weight excluding hydrogens is 362 g/mol. The van der Waals surface area contributed by atoms with Crippen LogP contribution in [0.25, 0.3) is 11.4 Å². The minimum Gasteiger partial charge on any atom is -0.464 e. The van der Waals surface area contributed by atoms with Crippen LogP contribution in [0.15, 0.2) is 22.7 Å². The number of carbonyl (C=O) groups is 2. The van der Waals surface area contributed by atoms with Crippen LogP contribution in [-0.4, -0.2) is 28.5 Å². The van der Waals surface area contributed by atoms with E-state index in [1.807, 2.05) is 16.7 Å². The van der Waals surface area contributed by atoms with Gasteiger partial charge in [0.15, 0.2) is 11.4 Å². The van der Waals surface area contributed by atoms with Crippen molar-refractivity contribution in [2.45, 2.75) is 24.8 Å². The maximum Gasteiger partial charge on any atom is 0.357 e. The molecule has 1 aromatic carbocycles. The second kappa shape index (κ2) is 4.92. The molecule has 3 aliphatic rings. The number of rotatable bonds is 2. The maximum atomic E-state index is 12.2. The Hall–Kier alpha value is -2.15. The van der Waals surface area contributed by atoms with E-state index in [0.29, 0.717) is 11.7 Å². The highest BCUT2D eigenvalue weighted by atomic mass is 79.9. The summed E-state index contributed by atoms with van der Waals surface area (Å²) in [5.74, 6) is -0.245. The van der Waals surface area contributed by atoms with Gasteiger partial charge in [0, 0.05) is 16.1 Å². The van der Waals surface area contributed by atoms with Gasteiger partial charge in [-0.15, -0.1) is 0 Å². The number of hydrogen-bond donors (Lipinski definition) is 1. The number of ether oxygens (including phenoxy) is 1. The second-order valence-electron chi connectivity index (χ2n) is 5.91. The molecule has 0 spiro atoms. The zero-order valence-corrected chi connectivity index (χ0v) is 14.0. The van der Waals surface area contributed by atoms with Crippen molar-refractivity contribution in [1.82, 2.24) is 9.55 Å². The van der Waals surface area contributed by atoms with Crippen LogP contribution >= 0.6 is 15.9 Å². The summed E-state index contributed by atoms with van der Waals surface area (Å²) in [5.41, 5.74) is 7.70. The largest absolute Gasteiger partial charge is 0.464 e. The Bertz CT molecular complexity index is 852. The van der Waals surface area contributed by atoms with Gasteiger partial charge in [0.2, 0.25) is 0 Å². The summed E-state index contributed by atoms with van der Waals surface area (Å²) >= 11 is 3.48.